The van der Waals surface area contributed by atoms with Gasteiger partial charge in [0.15, 0.2) is 11.5 Å². The monoisotopic (exact) mass is 232 g/mol. The molecular weight excluding hydrogens is 220 g/mol. The van der Waals surface area contributed by atoms with Gasteiger partial charge < -0.3 is 0 Å². The normalized spacial score (nSPS) is 10.5. The van der Waals surface area contributed by atoms with Crippen molar-refractivity contribution in [2.75, 3.05) is 0 Å². The van der Waals surface area contributed by atoms with Crippen LogP contribution in [0.25, 0.3) is 0 Å². The van der Waals surface area contributed by atoms with E-state index in [-0.39, 0.29) is 17.9 Å². The van der Waals surface area contributed by atoms with Crippen molar-refractivity contribution in [2.45, 2.75) is 20.3 Å². The van der Waals surface area contributed by atoms with Crippen LogP contribution in [-0.4, -0.2) is 16.1 Å². The summed E-state index contributed by atoms with van der Waals surface area (Å²) in [5, 5.41) is 5.53. The molecule has 0 radical (unpaired) electrons. The van der Waals surface area contributed by atoms with Crippen molar-refractivity contribution in [3.05, 3.63) is 50.9 Å². The van der Waals surface area contributed by atoms with Crippen LogP contribution in [0.1, 0.15) is 27.2 Å². The van der Waals surface area contributed by atoms with Gasteiger partial charge in [0.1, 0.15) is 0 Å². The molecule has 5 heteroatoms. The van der Waals surface area contributed by atoms with Crippen molar-refractivity contribution < 1.29 is 9.42 Å². The number of carbonyl (C=O) groups is 1. The molecule has 0 aliphatic carbocycles. The highest BCUT2D eigenvalue weighted by Gasteiger charge is 2.14. The zero-order valence-corrected chi connectivity index (χ0v) is 9.61. The van der Waals surface area contributed by atoms with Crippen LogP contribution in [0.4, 0.5) is 0 Å². The van der Waals surface area contributed by atoms with Crippen LogP contribution in [0, 0.1) is 13.8 Å². The number of nitrogens with one attached hydrogen (secondary N) is 1. The van der Waals surface area contributed by atoms with E-state index in [0.717, 1.165) is 11.1 Å². The third-order valence-electron chi connectivity index (χ3n) is 2.58. The number of H-pyrrole nitrogens is 1. The smallest absolute Gasteiger partial charge is 0.294 e. The highest BCUT2D eigenvalue weighted by molar-refractivity contribution is 5.98. The number of benzene rings is 1. The van der Waals surface area contributed by atoms with Gasteiger partial charge in [0.25, 0.3) is 0 Å². The Labute approximate surface area is 97.4 Å². The molecule has 1 N–H and O–H groups in total. The number of aryl methyl sites for hydroxylation is 2. The average molecular weight is 232 g/mol. The summed E-state index contributed by atoms with van der Waals surface area (Å²) in [6.07, 6.45) is -0.0455. The summed E-state index contributed by atoms with van der Waals surface area (Å²) in [6, 6.07) is 5.64. The molecule has 2 rings (SSSR count). The second kappa shape index (κ2) is 4.37. The highest BCUT2D eigenvalue weighted by Crippen LogP contribution is 2.12. The van der Waals surface area contributed by atoms with Gasteiger partial charge in [-0.25, -0.2) is 0 Å². The molecule has 88 valence electrons. The van der Waals surface area contributed by atoms with E-state index in [9.17, 15) is 9.59 Å². The van der Waals surface area contributed by atoms with Crippen LogP contribution in [0.15, 0.2) is 27.6 Å². The molecule has 0 fully saturated rings. The second-order valence-electron chi connectivity index (χ2n) is 3.98. The zero-order chi connectivity index (χ0) is 12.4. The maximum atomic E-state index is 12.0. The molecule has 0 saturated heterocycles. The summed E-state index contributed by atoms with van der Waals surface area (Å²) in [5.74, 6) is -0.134. The summed E-state index contributed by atoms with van der Waals surface area (Å²) in [7, 11) is 0. The zero-order valence-electron chi connectivity index (χ0n) is 9.61. The molecule has 0 unspecified atom stereocenters. The summed E-state index contributed by atoms with van der Waals surface area (Å²) in [6.45, 7) is 3.78. The number of nitrogens with zero attached hydrogens (tertiary/aromatic N) is 1. The highest BCUT2D eigenvalue weighted by atomic mass is 16.6. The Kier molecular flexibility index (Phi) is 2.91. The molecule has 0 saturated carbocycles. The van der Waals surface area contributed by atoms with Gasteiger partial charge in [0, 0.05) is 5.56 Å². The number of aromatic nitrogens is 2. The van der Waals surface area contributed by atoms with E-state index in [1.54, 1.807) is 0 Å². The van der Waals surface area contributed by atoms with Gasteiger partial charge in [-0.05, 0) is 25.5 Å². The number of carbonyl (C=O) groups excluding carboxylic acids is 1. The minimum Gasteiger partial charge on any atom is -0.294 e. The Morgan fingerprint density at radius 2 is 2.18 bits per heavy atom. The first-order valence-corrected chi connectivity index (χ1v) is 5.21. The fourth-order valence-electron chi connectivity index (χ4n) is 1.62. The molecule has 0 spiro atoms. The lowest BCUT2D eigenvalue weighted by atomic mass is 9.99. The quantitative estimate of drug-likeness (QED) is 0.811. The Balaban J connectivity index is 2.29. The van der Waals surface area contributed by atoms with Gasteiger partial charge in [-0.1, -0.05) is 22.9 Å². The van der Waals surface area contributed by atoms with Gasteiger partial charge >= 0.3 is 5.56 Å². The van der Waals surface area contributed by atoms with Crippen molar-refractivity contribution in [3.8, 4) is 0 Å². The van der Waals surface area contributed by atoms with Gasteiger partial charge in [-0.15, -0.1) is 0 Å². The van der Waals surface area contributed by atoms with E-state index in [1.165, 1.54) is 0 Å². The first-order valence-electron chi connectivity index (χ1n) is 5.21. The molecular formula is C12H12N2O3. The minimum absolute atomic E-state index is 0.0455. The van der Waals surface area contributed by atoms with E-state index < -0.39 is 5.56 Å². The summed E-state index contributed by atoms with van der Waals surface area (Å²) in [5.41, 5.74) is 2.17. The summed E-state index contributed by atoms with van der Waals surface area (Å²) in [4.78, 5) is 23.2. The predicted octanol–water partition coefficient (Wildman–Crippen LogP) is 1.41. The summed E-state index contributed by atoms with van der Waals surface area (Å²) >= 11 is 0. The Morgan fingerprint density at radius 3 is 2.82 bits per heavy atom. The first-order chi connectivity index (χ1) is 8.08. The molecule has 0 aliphatic heterocycles. The standard InChI is InChI=1S/C12H12N2O3/c1-7-3-4-8(2)9(5-7)11(15)6-10-12(16)14-17-13-10/h3-5H,6H2,1-2H3,(H,14,16). The van der Waals surface area contributed by atoms with Crippen molar-refractivity contribution in [2.24, 2.45) is 0 Å². The Morgan fingerprint density at radius 1 is 1.41 bits per heavy atom. The molecule has 1 heterocycles. The number of hydrogen-bond acceptors (Lipinski definition) is 4. The number of aromatic amines is 1. The number of rotatable bonds is 3. The third-order valence-corrected chi connectivity index (χ3v) is 2.58. The van der Waals surface area contributed by atoms with Crippen LogP contribution >= 0.6 is 0 Å². The molecule has 0 atom stereocenters. The number of Topliss-reactive ketones (excluding diaryl/α,β-unsaturated/α-hetero) is 1. The Hall–Kier alpha value is -2.17. The van der Waals surface area contributed by atoms with E-state index in [2.05, 4.69) is 14.9 Å². The third kappa shape index (κ3) is 2.33. The fraction of sp³-hybridized carbons (Fsp3) is 0.250. The van der Waals surface area contributed by atoms with E-state index in [0.29, 0.717) is 5.56 Å². The van der Waals surface area contributed by atoms with Gasteiger partial charge in [0.05, 0.1) is 6.42 Å². The largest absolute Gasteiger partial charge is 0.304 e. The van der Waals surface area contributed by atoms with Gasteiger partial charge in [-0.3, -0.25) is 14.2 Å². The van der Waals surface area contributed by atoms with Crippen molar-refractivity contribution in [1.29, 1.82) is 0 Å². The predicted molar refractivity (Wildman–Crippen MR) is 61.1 cm³/mol. The van der Waals surface area contributed by atoms with Crippen molar-refractivity contribution >= 4 is 5.78 Å². The average Bonchev–Trinajstić information content (AvgIpc) is 2.68. The maximum absolute atomic E-state index is 12.0. The lowest BCUT2D eigenvalue weighted by molar-refractivity contribution is 0.0990. The molecule has 0 aliphatic rings. The van der Waals surface area contributed by atoms with Crippen LogP contribution in [-0.2, 0) is 6.42 Å². The first kappa shape index (κ1) is 11.3. The molecule has 1 aromatic heterocycles. The van der Waals surface area contributed by atoms with Gasteiger partial charge in [0.2, 0.25) is 0 Å². The minimum atomic E-state index is -0.455. The van der Waals surface area contributed by atoms with E-state index in [1.807, 2.05) is 32.0 Å². The number of hydrogen-bond donors (Lipinski definition) is 1. The molecule has 0 amide bonds. The number of ketones is 1. The lowest BCUT2D eigenvalue weighted by Gasteiger charge is -2.04. The Bertz CT molecular complexity index is 610. The van der Waals surface area contributed by atoms with Gasteiger partial charge in [-0.2, -0.15) is 5.16 Å². The summed E-state index contributed by atoms with van der Waals surface area (Å²) < 4.78 is 4.40. The molecule has 0 bridgehead atoms. The fourth-order valence-corrected chi connectivity index (χ4v) is 1.62. The lowest BCUT2D eigenvalue weighted by Crippen LogP contribution is -2.13. The molecule has 5 nitrogen and oxygen atoms in total. The molecule has 2 aromatic rings. The van der Waals surface area contributed by atoms with E-state index >= 15 is 0 Å². The van der Waals surface area contributed by atoms with Crippen LogP contribution in [0.3, 0.4) is 0 Å². The molecule has 1 aromatic carbocycles. The topological polar surface area (TPSA) is 76.0 Å². The SMILES string of the molecule is Cc1ccc(C)c(C(=O)Cc2no[nH]c2=O)c1. The van der Waals surface area contributed by atoms with Crippen LogP contribution in [0.2, 0.25) is 0 Å². The van der Waals surface area contributed by atoms with Crippen LogP contribution in [0.5, 0.6) is 0 Å². The van der Waals surface area contributed by atoms with Crippen molar-refractivity contribution in [1.82, 2.24) is 10.3 Å². The van der Waals surface area contributed by atoms with Crippen LogP contribution < -0.4 is 5.56 Å². The second-order valence-corrected chi connectivity index (χ2v) is 3.98. The molecule has 17 heavy (non-hydrogen) atoms. The van der Waals surface area contributed by atoms with Crippen molar-refractivity contribution in [3.63, 3.8) is 0 Å². The maximum Gasteiger partial charge on any atom is 0.304 e. The van der Waals surface area contributed by atoms with E-state index in [4.69, 9.17) is 0 Å².